The molecule has 0 spiro atoms. The van der Waals surface area contributed by atoms with E-state index in [9.17, 15) is 0 Å². The van der Waals surface area contributed by atoms with Crippen molar-refractivity contribution in [1.82, 2.24) is 15.2 Å². The third-order valence-electron chi connectivity index (χ3n) is 4.59. The van der Waals surface area contributed by atoms with Gasteiger partial charge in [-0.2, -0.15) is 10.1 Å². The van der Waals surface area contributed by atoms with E-state index in [1.807, 2.05) is 31.2 Å². The van der Waals surface area contributed by atoms with E-state index < -0.39 is 0 Å². The number of nitrogens with one attached hydrogen (secondary N) is 2. The minimum absolute atomic E-state index is 0.402. The fraction of sp³-hybridized carbons (Fsp3) is 0.318. The molecule has 0 unspecified atom stereocenters. The lowest BCUT2D eigenvalue weighted by molar-refractivity contribution is 0.342. The van der Waals surface area contributed by atoms with Gasteiger partial charge in [-0.1, -0.05) is 12.1 Å². The van der Waals surface area contributed by atoms with E-state index in [1.54, 1.807) is 6.20 Å². The lowest BCUT2D eigenvalue weighted by Crippen LogP contribution is -2.21. The first kappa shape index (κ1) is 20.4. The van der Waals surface area contributed by atoms with Crippen molar-refractivity contribution in [3.05, 3.63) is 54.2 Å². The van der Waals surface area contributed by atoms with Crippen LogP contribution in [0.5, 0.6) is 5.75 Å². The van der Waals surface area contributed by atoms with Crippen LogP contribution < -0.4 is 20.3 Å². The van der Waals surface area contributed by atoms with Crippen LogP contribution in [0.4, 0.5) is 28.8 Å². The quantitative estimate of drug-likeness (QED) is 0.536. The maximum Gasteiger partial charge on any atom is 0.249 e. The van der Waals surface area contributed by atoms with Crippen LogP contribution >= 0.6 is 0 Å². The van der Waals surface area contributed by atoms with Crippen LogP contribution in [-0.2, 0) is 0 Å². The molecule has 2 N–H and O–H groups in total. The van der Waals surface area contributed by atoms with Crippen LogP contribution in [0, 0.1) is 6.92 Å². The van der Waals surface area contributed by atoms with Gasteiger partial charge >= 0.3 is 0 Å². The number of nitrogens with zero attached hydrogens (tertiary/aromatic N) is 4. The number of ether oxygens (including phenoxy) is 1. The van der Waals surface area contributed by atoms with Gasteiger partial charge in [0, 0.05) is 24.5 Å². The number of hydrogen-bond acceptors (Lipinski definition) is 7. The van der Waals surface area contributed by atoms with Crippen LogP contribution in [0.15, 0.2) is 48.7 Å². The van der Waals surface area contributed by atoms with Crippen molar-refractivity contribution < 1.29 is 4.74 Å². The third kappa shape index (κ3) is 5.13. The van der Waals surface area contributed by atoms with Gasteiger partial charge in [-0.25, -0.2) is 0 Å². The molecule has 0 atom stereocenters. The molecule has 0 aliphatic carbocycles. The summed E-state index contributed by atoms with van der Waals surface area (Å²) >= 11 is 0. The lowest BCUT2D eigenvalue weighted by Gasteiger charge is -2.22. The Bertz CT molecular complexity index is 942. The second kappa shape index (κ2) is 9.73. The molecule has 0 bridgehead atoms. The van der Waals surface area contributed by atoms with Crippen molar-refractivity contribution in [3.63, 3.8) is 0 Å². The molecule has 0 saturated carbocycles. The highest BCUT2D eigenvalue weighted by molar-refractivity contribution is 5.66. The molecule has 152 valence electrons. The Hall–Kier alpha value is -3.35. The van der Waals surface area contributed by atoms with E-state index in [0.29, 0.717) is 18.4 Å². The molecule has 29 heavy (non-hydrogen) atoms. The Kier molecular flexibility index (Phi) is 6.84. The molecule has 0 amide bonds. The topological polar surface area (TPSA) is 75.2 Å². The van der Waals surface area contributed by atoms with Crippen molar-refractivity contribution in [1.29, 1.82) is 0 Å². The number of para-hydroxylation sites is 2. The van der Waals surface area contributed by atoms with Crippen LogP contribution in [0.25, 0.3) is 0 Å². The summed E-state index contributed by atoms with van der Waals surface area (Å²) in [6, 6.07) is 14.1. The summed E-state index contributed by atoms with van der Waals surface area (Å²) in [6.07, 6.45) is 1.61. The van der Waals surface area contributed by atoms with Crippen LogP contribution in [-0.4, -0.2) is 34.9 Å². The fourth-order valence-electron chi connectivity index (χ4n) is 3.10. The average Bonchev–Trinajstić information content (AvgIpc) is 2.73. The zero-order chi connectivity index (χ0) is 20.6. The summed E-state index contributed by atoms with van der Waals surface area (Å²) in [5.41, 5.74) is 4.15. The van der Waals surface area contributed by atoms with E-state index >= 15 is 0 Å². The summed E-state index contributed by atoms with van der Waals surface area (Å²) in [5, 5.41) is 14.7. The lowest BCUT2D eigenvalue weighted by atomic mass is 10.1. The molecule has 7 heteroatoms. The summed E-state index contributed by atoms with van der Waals surface area (Å²) in [7, 11) is 0. The fourth-order valence-corrected chi connectivity index (χ4v) is 3.10. The Morgan fingerprint density at radius 3 is 2.48 bits per heavy atom. The minimum Gasteiger partial charge on any atom is -0.492 e. The largest absolute Gasteiger partial charge is 0.492 e. The molecular weight excluding hydrogens is 364 g/mol. The van der Waals surface area contributed by atoms with Crippen molar-refractivity contribution in [2.24, 2.45) is 0 Å². The maximum atomic E-state index is 5.64. The summed E-state index contributed by atoms with van der Waals surface area (Å²) in [6.45, 7) is 10.9. The van der Waals surface area contributed by atoms with Gasteiger partial charge in [-0.3, -0.25) is 0 Å². The number of hydrogen-bond donors (Lipinski definition) is 2. The van der Waals surface area contributed by atoms with Crippen LogP contribution in [0.3, 0.4) is 0 Å². The van der Waals surface area contributed by atoms with Crippen LogP contribution in [0.2, 0.25) is 0 Å². The predicted molar refractivity (Wildman–Crippen MR) is 119 cm³/mol. The summed E-state index contributed by atoms with van der Waals surface area (Å²) in [5.74, 6) is 1.77. The van der Waals surface area contributed by atoms with E-state index in [4.69, 9.17) is 4.74 Å². The van der Waals surface area contributed by atoms with Gasteiger partial charge in [0.1, 0.15) is 5.75 Å². The zero-order valence-corrected chi connectivity index (χ0v) is 17.4. The van der Waals surface area contributed by atoms with Gasteiger partial charge in [0.05, 0.1) is 18.5 Å². The number of anilines is 5. The van der Waals surface area contributed by atoms with Crippen LogP contribution in [0.1, 0.15) is 26.3 Å². The third-order valence-corrected chi connectivity index (χ3v) is 4.59. The highest BCUT2D eigenvalue weighted by Crippen LogP contribution is 2.27. The van der Waals surface area contributed by atoms with E-state index in [2.05, 4.69) is 69.7 Å². The number of benzene rings is 2. The summed E-state index contributed by atoms with van der Waals surface area (Å²) < 4.78 is 5.64. The number of aromatic nitrogens is 3. The van der Waals surface area contributed by atoms with Crippen molar-refractivity contribution in [2.45, 2.75) is 27.7 Å². The molecule has 3 rings (SSSR count). The van der Waals surface area contributed by atoms with Gasteiger partial charge in [0.2, 0.25) is 5.95 Å². The van der Waals surface area contributed by atoms with E-state index in [0.717, 1.165) is 35.8 Å². The molecule has 0 fully saturated rings. The van der Waals surface area contributed by atoms with Gasteiger partial charge < -0.3 is 20.3 Å². The first-order valence-electron chi connectivity index (χ1n) is 9.95. The second-order valence-electron chi connectivity index (χ2n) is 6.52. The highest BCUT2D eigenvalue weighted by atomic mass is 16.5. The van der Waals surface area contributed by atoms with E-state index in [-0.39, 0.29) is 0 Å². The molecule has 0 saturated heterocycles. The van der Waals surface area contributed by atoms with Gasteiger partial charge in [-0.05, 0) is 63.6 Å². The van der Waals surface area contributed by atoms with Crippen molar-refractivity contribution >= 4 is 28.8 Å². The zero-order valence-electron chi connectivity index (χ0n) is 17.4. The molecule has 7 nitrogen and oxygen atoms in total. The normalized spacial score (nSPS) is 10.5. The molecule has 0 aliphatic rings. The molecule has 1 aromatic heterocycles. The smallest absolute Gasteiger partial charge is 0.249 e. The standard InChI is InChI=1S/C22H28N6O/c1-5-28(6-2)17-12-13-18(16(4)14-17)24-21-15-23-27-22(26-21)25-19-10-8-9-11-20(19)29-7-3/h8-15H,5-7H2,1-4H3,(H2,24,25,26,27). The van der Waals surface area contributed by atoms with Crippen molar-refractivity contribution in [3.8, 4) is 5.75 Å². The van der Waals surface area contributed by atoms with Crippen molar-refractivity contribution in [2.75, 3.05) is 35.2 Å². The molecule has 0 radical (unpaired) electrons. The molecular formula is C22H28N6O. The molecule has 2 aromatic carbocycles. The average molecular weight is 393 g/mol. The predicted octanol–water partition coefficient (Wildman–Crippen LogP) is 4.91. The Labute approximate surface area is 172 Å². The Morgan fingerprint density at radius 1 is 0.966 bits per heavy atom. The van der Waals surface area contributed by atoms with Gasteiger partial charge in [-0.15, -0.1) is 5.10 Å². The molecule has 3 aromatic rings. The molecule has 0 aliphatic heterocycles. The maximum absolute atomic E-state index is 5.64. The Morgan fingerprint density at radius 2 is 1.76 bits per heavy atom. The summed E-state index contributed by atoms with van der Waals surface area (Å²) in [4.78, 5) is 6.85. The number of aryl methyl sites for hydroxylation is 1. The monoisotopic (exact) mass is 392 g/mol. The minimum atomic E-state index is 0.402. The first-order chi connectivity index (χ1) is 14.1. The Balaban J connectivity index is 1.77. The van der Waals surface area contributed by atoms with E-state index in [1.165, 1.54) is 5.69 Å². The second-order valence-corrected chi connectivity index (χ2v) is 6.52. The first-order valence-corrected chi connectivity index (χ1v) is 9.95. The van der Waals surface area contributed by atoms with Gasteiger partial charge in [0.25, 0.3) is 0 Å². The number of rotatable bonds is 9. The van der Waals surface area contributed by atoms with Gasteiger partial charge in [0.15, 0.2) is 5.82 Å². The SMILES string of the molecule is CCOc1ccccc1Nc1nncc(Nc2ccc(N(CC)CC)cc2C)n1. The highest BCUT2D eigenvalue weighted by Gasteiger charge is 2.09. The molecule has 1 heterocycles.